The molecule has 0 aliphatic carbocycles. The normalized spacial score (nSPS) is 18.0. The van der Waals surface area contributed by atoms with Gasteiger partial charge in [-0.25, -0.2) is 13.6 Å². The lowest BCUT2D eigenvalue weighted by Crippen LogP contribution is -2.36. The number of rotatable bonds is 2. The van der Waals surface area contributed by atoms with E-state index in [1.807, 2.05) is 4.90 Å². The highest BCUT2D eigenvalue weighted by Gasteiger charge is 2.22. The Kier molecular flexibility index (Phi) is 3.47. The standard InChI is InChI=1S/C11H17N3O3S/c12-11-9(14-6-4-8(15)5-7-14)2-1-3-10(11)18(13,16)17/h1-3,8,15H,4-7,12H2,(H2,13,16,17). The van der Waals surface area contributed by atoms with Crippen molar-refractivity contribution in [2.24, 2.45) is 5.14 Å². The van der Waals surface area contributed by atoms with Gasteiger partial charge in [0.15, 0.2) is 0 Å². The average Bonchev–Trinajstić information content (AvgIpc) is 2.29. The molecule has 1 heterocycles. The molecule has 7 heteroatoms. The maximum atomic E-state index is 11.4. The van der Waals surface area contributed by atoms with Gasteiger partial charge >= 0.3 is 0 Å². The summed E-state index contributed by atoms with van der Waals surface area (Å²) in [6.45, 7) is 1.30. The van der Waals surface area contributed by atoms with Gasteiger partial charge in [0.05, 0.1) is 17.5 Å². The molecule has 0 atom stereocenters. The van der Waals surface area contributed by atoms with E-state index in [4.69, 9.17) is 10.9 Å². The first-order valence-electron chi connectivity index (χ1n) is 5.74. The quantitative estimate of drug-likeness (QED) is 0.649. The largest absolute Gasteiger partial charge is 0.396 e. The Morgan fingerprint density at radius 1 is 1.28 bits per heavy atom. The summed E-state index contributed by atoms with van der Waals surface area (Å²) in [6.07, 6.45) is 1.02. The summed E-state index contributed by atoms with van der Waals surface area (Å²) in [7, 11) is -3.81. The van der Waals surface area contributed by atoms with Crippen molar-refractivity contribution < 1.29 is 13.5 Å². The van der Waals surface area contributed by atoms with Gasteiger partial charge in [-0.15, -0.1) is 0 Å². The molecular formula is C11H17N3O3S. The van der Waals surface area contributed by atoms with Crippen LogP contribution < -0.4 is 15.8 Å². The summed E-state index contributed by atoms with van der Waals surface area (Å²) in [5.74, 6) is 0. The zero-order valence-corrected chi connectivity index (χ0v) is 10.7. The van der Waals surface area contributed by atoms with E-state index in [1.54, 1.807) is 12.1 Å². The highest BCUT2D eigenvalue weighted by Crippen LogP contribution is 2.30. The van der Waals surface area contributed by atoms with E-state index >= 15 is 0 Å². The van der Waals surface area contributed by atoms with Gasteiger partial charge in [0.1, 0.15) is 4.90 Å². The van der Waals surface area contributed by atoms with Gasteiger partial charge in [-0.1, -0.05) is 6.07 Å². The van der Waals surface area contributed by atoms with E-state index < -0.39 is 10.0 Å². The van der Waals surface area contributed by atoms with Crippen molar-refractivity contribution >= 4 is 21.4 Å². The van der Waals surface area contributed by atoms with Crippen molar-refractivity contribution in [3.05, 3.63) is 18.2 Å². The first kappa shape index (κ1) is 13.1. The lowest BCUT2D eigenvalue weighted by molar-refractivity contribution is 0.145. The summed E-state index contributed by atoms with van der Waals surface area (Å²) in [5, 5.41) is 14.6. The molecule has 1 saturated heterocycles. The van der Waals surface area contributed by atoms with Gasteiger partial charge < -0.3 is 15.7 Å². The van der Waals surface area contributed by atoms with Crippen molar-refractivity contribution in [1.82, 2.24) is 0 Å². The Morgan fingerprint density at radius 2 is 1.89 bits per heavy atom. The maximum absolute atomic E-state index is 11.4. The molecule has 0 saturated carbocycles. The minimum absolute atomic E-state index is 0.0499. The molecule has 1 fully saturated rings. The van der Waals surface area contributed by atoms with E-state index in [9.17, 15) is 13.5 Å². The molecule has 100 valence electrons. The van der Waals surface area contributed by atoms with Crippen molar-refractivity contribution in [3.63, 3.8) is 0 Å². The van der Waals surface area contributed by atoms with Gasteiger partial charge in [0.25, 0.3) is 0 Å². The number of primary sulfonamides is 1. The van der Waals surface area contributed by atoms with Crippen LogP contribution in [0.2, 0.25) is 0 Å². The van der Waals surface area contributed by atoms with Gasteiger partial charge in [-0.3, -0.25) is 0 Å². The van der Waals surface area contributed by atoms with Crippen LogP contribution in [-0.4, -0.2) is 32.7 Å². The number of benzene rings is 1. The van der Waals surface area contributed by atoms with Crippen LogP contribution in [0.5, 0.6) is 0 Å². The summed E-state index contributed by atoms with van der Waals surface area (Å²) in [5.41, 5.74) is 6.71. The molecule has 2 rings (SSSR count). The van der Waals surface area contributed by atoms with Crippen molar-refractivity contribution in [1.29, 1.82) is 0 Å². The number of aliphatic hydroxyl groups excluding tert-OH is 1. The Bertz CT molecular complexity index is 536. The molecule has 6 nitrogen and oxygen atoms in total. The Labute approximate surface area is 106 Å². The van der Waals surface area contributed by atoms with Crippen molar-refractivity contribution in [2.45, 2.75) is 23.8 Å². The van der Waals surface area contributed by atoms with E-state index in [1.165, 1.54) is 6.07 Å². The van der Waals surface area contributed by atoms with Crippen LogP contribution in [0.3, 0.4) is 0 Å². The Balaban J connectivity index is 2.35. The van der Waals surface area contributed by atoms with Crippen molar-refractivity contribution in [3.8, 4) is 0 Å². The van der Waals surface area contributed by atoms with Crippen LogP contribution in [0.15, 0.2) is 23.1 Å². The molecule has 18 heavy (non-hydrogen) atoms. The SMILES string of the molecule is Nc1c(N2CCC(O)CC2)cccc1S(N)(=O)=O. The smallest absolute Gasteiger partial charge is 0.240 e. The number of nitrogens with zero attached hydrogens (tertiary/aromatic N) is 1. The number of sulfonamides is 1. The number of nitrogen functional groups attached to an aromatic ring is 1. The molecule has 0 amide bonds. The fourth-order valence-electron chi connectivity index (χ4n) is 2.16. The number of anilines is 2. The lowest BCUT2D eigenvalue weighted by atomic mass is 10.1. The molecular weight excluding hydrogens is 254 g/mol. The number of piperidine rings is 1. The molecule has 0 radical (unpaired) electrons. The Hall–Kier alpha value is -1.31. The monoisotopic (exact) mass is 271 g/mol. The van der Waals surface area contributed by atoms with E-state index in [-0.39, 0.29) is 16.7 Å². The predicted molar refractivity (Wildman–Crippen MR) is 69.7 cm³/mol. The second-order valence-corrected chi connectivity index (χ2v) is 5.98. The fraction of sp³-hybridized carbons (Fsp3) is 0.455. The molecule has 5 N–H and O–H groups in total. The zero-order chi connectivity index (χ0) is 13.3. The highest BCUT2D eigenvalue weighted by molar-refractivity contribution is 7.89. The molecule has 1 aromatic rings. The molecule has 0 unspecified atom stereocenters. The van der Waals surface area contributed by atoms with Crippen LogP contribution in [-0.2, 0) is 10.0 Å². The lowest BCUT2D eigenvalue weighted by Gasteiger charge is -2.32. The van der Waals surface area contributed by atoms with E-state index in [2.05, 4.69) is 0 Å². The third-order valence-corrected chi connectivity index (χ3v) is 4.12. The summed E-state index contributed by atoms with van der Waals surface area (Å²) in [6, 6.07) is 4.78. The molecule has 1 aliphatic rings. The second kappa shape index (κ2) is 4.75. The molecule has 1 aliphatic heterocycles. The predicted octanol–water partition coefficient (Wildman–Crippen LogP) is -0.123. The number of para-hydroxylation sites is 1. The van der Waals surface area contributed by atoms with Gasteiger partial charge in [0.2, 0.25) is 10.0 Å². The average molecular weight is 271 g/mol. The number of nitrogens with two attached hydrogens (primary N) is 2. The van der Waals surface area contributed by atoms with Crippen LogP contribution in [0.25, 0.3) is 0 Å². The first-order chi connectivity index (χ1) is 8.39. The van der Waals surface area contributed by atoms with Gasteiger partial charge in [0, 0.05) is 13.1 Å². The number of aliphatic hydroxyl groups is 1. The first-order valence-corrected chi connectivity index (χ1v) is 7.28. The molecule has 0 bridgehead atoms. The minimum Gasteiger partial charge on any atom is -0.396 e. The molecule has 1 aromatic carbocycles. The highest BCUT2D eigenvalue weighted by atomic mass is 32.2. The Morgan fingerprint density at radius 3 is 2.44 bits per heavy atom. The van der Waals surface area contributed by atoms with Crippen LogP contribution >= 0.6 is 0 Å². The second-order valence-electron chi connectivity index (χ2n) is 4.45. The van der Waals surface area contributed by atoms with Crippen molar-refractivity contribution in [2.75, 3.05) is 23.7 Å². The fourth-order valence-corrected chi connectivity index (χ4v) is 2.84. The van der Waals surface area contributed by atoms with Crippen LogP contribution in [0.1, 0.15) is 12.8 Å². The van der Waals surface area contributed by atoms with E-state index in [0.29, 0.717) is 31.6 Å². The van der Waals surface area contributed by atoms with Crippen LogP contribution in [0, 0.1) is 0 Å². The number of hydrogen-bond donors (Lipinski definition) is 3. The molecule has 0 spiro atoms. The summed E-state index contributed by atoms with van der Waals surface area (Å²) in [4.78, 5) is 1.92. The van der Waals surface area contributed by atoms with Gasteiger partial charge in [-0.2, -0.15) is 0 Å². The summed E-state index contributed by atoms with van der Waals surface area (Å²) < 4.78 is 22.8. The zero-order valence-electron chi connectivity index (χ0n) is 9.91. The third kappa shape index (κ3) is 2.58. The van der Waals surface area contributed by atoms with Gasteiger partial charge in [-0.05, 0) is 25.0 Å². The third-order valence-electron chi connectivity index (χ3n) is 3.15. The topological polar surface area (TPSA) is 110 Å². The molecule has 0 aromatic heterocycles. The maximum Gasteiger partial charge on any atom is 0.240 e. The van der Waals surface area contributed by atoms with Crippen LogP contribution in [0.4, 0.5) is 11.4 Å². The van der Waals surface area contributed by atoms with E-state index in [0.717, 1.165) is 0 Å². The minimum atomic E-state index is -3.81. The summed E-state index contributed by atoms with van der Waals surface area (Å²) >= 11 is 0. The number of hydrogen-bond acceptors (Lipinski definition) is 5.